The first kappa shape index (κ1) is 12.9. The van der Waals surface area contributed by atoms with Crippen LogP contribution < -0.4 is 0 Å². The summed E-state index contributed by atoms with van der Waals surface area (Å²) in [6.45, 7) is 6.23. The summed E-state index contributed by atoms with van der Waals surface area (Å²) in [7, 11) is -6.00. The monoisotopic (exact) mass is 208 g/mol. The van der Waals surface area contributed by atoms with Crippen LogP contribution in [0.2, 0.25) is 0 Å². The van der Waals surface area contributed by atoms with Gasteiger partial charge in [0.2, 0.25) is 0 Å². The van der Waals surface area contributed by atoms with E-state index >= 15 is 0 Å². The third kappa shape index (κ3) is 6.45. The van der Waals surface area contributed by atoms with Gasteiger partial charge in [-0.15, -0.1) is 0 Å². The van der Waals surface area contributed by atoms with Gasteiger partial charge in [0.25, 0.3) is 0 Å². The van der Waals surface area contributed by atoms with Gasteiger partial charge in [-0.1, -0.05) is 0 Å². The molecular weight excluding hydrogens is 197 g/mol. The SMILES string of the molecule is Cc1ccnc(C)c1C.F[B-](F)(F)F. The summed E-state index contributed by atoms with van der Waals surface area (Å²) >= 11 is 0. The zero-order valence-corrected chi connectivity index (χ0v) is 8.19. The van der Waals surface area contributed by atoms with Gasteiger partial charge in [0.1, 0.15) is 0 Å². The molecule has 0 unspecified atom stereocenters. The maximum atomic E-state index is 9.75. The Labute approximate surface area is 80.3 Å². The van der Waals surface area contributed by atoms with E-state index in [1.807, 2.05) is 19.2 Å². The molecule has 0 N–H and O–H groups in total. The summed E-state index contributed by atoms with van der Waals surface area (Å²) < 4.78 is 39.0. The maximum Gasteiger partial charge on any atom is 0.673 e. The molecule has 6 heteroatoms. The average Bonchev–Trinajstić information content (AvgIpc) is 1.97. The fourth-order valence-corrected chi connectivity index (χ4v) is 0.768. The molecule has 0 saturated heterocycles. The molecule has 1 heterocycles. The first-order chi connectivity index (χ1) is 6.22. The second-order valence-corrected chi connectivity index (χ2v) is 2.83. The van der Waals surface area contributed by atoms with Crippen molar-refractivity contribution in [2.45, 2.75) is 20.8 Å². The fourth-order valence-electron chi connectivity index (χ4n) is 0.768. The van der Waals surface area contributed by atoms with Crippen LogP contribution in [0.5, 0.6) is 0 Å². The molecule has 0 aliphatic heterocycles. The quantitative estimate of drug-likeness (QED) is 0.470. The topological polar surface area (TPSA) is 12.9 Å². The Morgan fingerprint density at radius 1 is 1.07 bits per heavy atom. The second-order valence-electron chi connectivity index (χ2n) is 2.83. The van der Waals surface area contributed by atoms with Crippen LogP contribution in [-0.4, -0.2) is 12.2 Å². The highest BCUT2D eigenvalue weighted by Gasteiger charge is 2.20. The molecule has 0 radical (unpaired) electrons. The van der Waals surface area contributed by atoms with Gasteiger partial charge in [-0.2, -0.15) is 0 Å². The van der Waals surface area contributed by atoms with Crippen LogP contribution in [0.4, 0.5) is 17.3 Å². The lowest BCUT2D eigenvalue weighted by Gasteiger charge is -1.99. The third-order valence-electron chi connectivity index (χ3n) is 1.73. The molecule has 14 heavy (non-hydrogen) atoms. The Morgan fingerprint density at radius 2 is 1.50 bits per heavy atom. The van der Waals surface area contributed by atoms with E-state index in [2.05, 4.69) is 18.8 Å². The smallest absolute Gasteiger partial charge is 0.418 e. The third-order valence-corrected chi connectivity index (χ3v) is 1.73. The van der Waals surface area contributed by atoms with Crippen molar-refractivity contribution >= 4 is 7.25 Å². The van der Waals surface area contributed by atoms with E-state index in [1.165, 1.54) is 11.1 Å². The Morgan fingerprint density at radius 3 is 1.79 bits per heavy atom. The molecule has 1 aromatic heterocycles. The summed E-state index contributed by atoms with van der Waals surface area (Å²) in [5.41, 5.74) is 3.76. The van der Waals surface area contributed by atoms with Gasteiger partial charge in [-0.25, -0.2) is 0 Å². The number of halogens is 4. The fraction of sp³-hybridized carbons (Fsp3) is 0.375. The predicted octanol–water partition coefficient (Wildman–Crippen LogP) is 3.31. The molecule has 0 saturated carbocycles. The molecule has 0 spiro atoms. The molecule has 80 valence electrons. The Kier molecular flexibility index (Phi) is 4.60. The molecule has 0 fully saturated rings. The summed E-state index contributed by atoms with van der Waals surface area (Å²) in [6.07, 6.45) is 1.84. The van der Waals surface area contributed by atoms with E-state index in [9.17, 15) is 17.3 Å². The minimum atomic E-state index is -6.00. The number of rotatable bonds is 0. The van der Waals surface area contributed by atoms with E-state index in [1.54, 1.807) is 0 Å². The van der Waals surface area contributed by atoms with Crippen LogP contribution in [0.1, 0.15) is 16.8 Å². The van der Waals surface area contributed by atoms with Crippen LogP contribution in [0.3, 0.4) is 0 Å². The Hall–Kier alpha value is -1.07. The molecule has 1 nitrogen and oxygen atoms in total. The highest BCUT2D eigenvalue weighted by atomic mass is 19.5. The van der Waals surface area contributed by atoms with Gasteiger partial charge in [0.15, 0.2) is 0 Å². The minimum Gasteiger partial charge on any atom is -0.418 e. The van der Waals surface area contributed by atoms with Gasteiger partial charge in [-0.3, -0.25) is 4.98 Å². The van der Waals surface area contributed by atoms with Crippen molar-refractivity contribution in [1.29, 1.82) is 0 Å². The lowest BCUT2D eigenvalue weighted by atomic mass is 10.1. The van der Waals surface area contributed by atoms with E-state index in [-0.39, 0.29) is 0 Å². The Balaban J connectivity index is 0.000000292. The van der Waals surface area contributed by atoms with Gasteiger partial charge < -0.3 is 17.3 Å². The molecule has 1 rings (SSSR count). The number of pyridine rings is 1. The van der Waals surface area contributed by atoms with E-state index in [0.717, 1.165) is 5.69 Å². The van der Waals surface area contributed by atoms with Crippen LogP contribution >= 0.6 is 0 Å². The van der Waals surface area contributed by atoms with Gasteiger partial charge >= 0.3 is 7.25 Å². The summed E-state index contributed by atoms with van der Waals surface area (Å²) in [5, 5.41) is 0. The van der Waals surface area contributed by atoms with Crippen LogP contribution in [0.15, 0.2) is 12.3 Å². The standard InChI is InChI=1S/C8H11N.BF4/c1-6-4-5-9-8(3)7(6)2;2-1(3,4)5/h4-5H,1-3H3;/q;-1. The lowest BCUT2D eigenvalue weighted by Crippen LogP contribution is -2.02. The van der Waals surface area contributed by atoms with E-state index in [0.29, 0.717) is 0 Å². The highest BCUT2D eigenvalue weighted by molar-refractivity contribution is 6.50. The number of aryl methyl sites for hydroxylation is 2. The number of hydrogen-bond acceptors (Lipinski definition) is 1. The minimum absolute atomic E-state index is 1.13. The summed E-state index contributed by atoms with van der Waals surface area (Å²) in [4.78, 5) is 4.14. The normalized spacial score (nSPS) is 10.5. The first-order valence-corrected chi connectivity index (χ1v) is 3.98. The predicted molar refractivity (Wildman–Crippen MR) is 48.6 cm³/mol. The highest BCUT2D eigenvalue weighted by Crippen LogP contribution is 2.07. The zero-order chi connectivity index (χ0) is 11.4. The van der Waals surface area contributed by atoms with Gasteiger partial charge in [-0.05, 0) is 38.0 Å². The van der Waals surface area contributed by atoms with Gasteiger partial charge in [0.05, 0.1) is 0 Å². The summed E-state index contributed by atoms with van der Waals surface area (Å²) in [5.74, 6) is 0. The second kappa shape index (κ2) is 4.98. The zero-order valence-electron chi connectivity index (χ0n) is 8.19. The largest absolute Gasteiger partial charge is 0.673 e. The van der Waals surface area contributed by atoms with Crippen molar-refractivity contribution in [3.05, 3.63) is 29.1 Å². The number of aromatic nitrogens is 1. The number of hydrogen-bond donors (Lipinski definition) is 0. The van der Waals surface area contributed by atoms with Crippen molar-refractivity contribution in [3.8, 4) is 0 Å². The molecule has 1 aromatic rings. The van der Waals surface area contributed by atoms with Crippen molar-refractivity contribution in [2.75, 3.05) is 0 Å². The average molecular weight is 208 g/mol. The van der Waals surface area contributed by atoms with Crippen molar-refractivity contribution in [3.63, 3.8) is 0 Å². The van der Waals surface area contributed by atoms with Gasteiger partial charge in [0, 0.05) is 11.9 Å². The van der Waals surface area contributed by atoms with E-state index < -0.39 is 7.25 Å². The number of nitrogens with zero attached hydrogens (tertiary/aromatic N) is 1. The molecular formula is C8H11BF4N-. The van der Waals surface area contributed by atoms with Crippen LogP contribution in [-0.2, 0) is 0 Å². The van der Waals surface area contributed by atoms with Crippen molar-refractivity contribution in [2.24, 2.45) is 0 Å². The maximum absolute atomic E-state index is 9.75. The molecule has 0 aliphatic rings. The molecule has 0 atom stereocenters. The van der Waals surface area contributed by atoms with E-state index in [4.69, 9.17) is 0 Å². The summed E-state index contributed by atoms with van der Waals surface area (Å²) in [6, 6.07) is 2.03. The van der Waals surface area contributed by atoms with Crippen molar-refractivity contribution < 1.29 is 17.3 Å². The van der Waals surface area contributed by atoms with Crippen LogP contribution in [0.25, 0.3) is 0 Å². The Bertz CT molecular complexity index is 272. The lowest BCUT2D eigenvalue weighted by molar-refractivity contribution is 0.368. The molecule has 0 amide bonds. The van der Waals surface area contributed by atoms with Crippen molar-refractivity contribution in [1.82, 2.24) is 4.98 Å². The van der Waals surface area contributed by atoms with Crippen LogP contribution in [0, 0.1) is 20.8 Å². The molecule has 0 aromatic carbocycles. The molecule has 0 aliphatic carbocycles. The first-order valence-electron chi connectivity index (χ1n) is 3.98. The molecule has 0 bridgehead atoms.